The number of hydrogen-bond donors (Lipinski definition) is 16. The predicted molar refractivity (Wildman–Crippen MR) is 304 cm³/mol. The van der Waals surface area contributed by atoms with Crippen molar-refractivity contribution in [3.63, 3.8) is 0 Å². The van der Waals surface area contributed by atoms with Gasteiger partial charge in [0.1, 0.15) is 42.3 Å². The zero-order chi connectivity index (χ0) is 61.3. The lowest BCUT2D eigenvalue weighted by atomic mass is 9.96. The SMILES string of the molecule is CC[C@H](C)[C@@H]1NC(=O)[C@H](Cc2ccccc2)NC(=O)[C@H](CC(=O)O)NC(=O)[C@H](Cc2cnc[nH]2)NC(=O)CNC(=O)[C@H](Cc2c[nH]c3ccccc23)NC(=O)[C@H](CCCN=C(N)N)NC(=O)[C@@H](N)CCC(=O)NCCCCC(C(=O)O)NC1=O. The summed E-state index contributed by atoms with van der Waals surface area (Å²) in [6, 6.07) is 3.68. The van der Waals surface area contributed by atoms with Crippen molar-refractivity contribution in [2.45, 2.75) is 139 Å². The van der Waals surface area contributed by atoms with Crippen molar-refractivity contribution in [3.8, 4) is 0 Å². The number of para-hydroxylation sites is 1. The molecule has 0 aliphatic carbocycles. The molecule has 1 aliphatic heterocycles. The van der Waals surface area contributed by atoms with Crippen LogP contribution in [0.15, 0.2) is 78.3 Å². The molecule has 1 aliphatic rings. The van der Waals surface area contributed by atoms with Gasteiger partial charge in [0.05, 0.1) is 25.3 Å². The number of H-pyrrole nitrogens is 2. The number of aliphatic imine (C=N–C) groups is 1. The van der Waals surface area contributed by atoms with Crippen molar-refractivity contribution < 1.29 is 63.0 Å². The summed E-state index contributed by atoms with van der Waals surface area (Å²) in [6.45, 7) is 2.72. The summed E-state index contributed by atoms with van der Waals surface area (Å²) < 4.78 is 0. The van der Waals surface area contributed by atoms with E-state index in [2.05, 4.69) is 67.8 Å². The fourth-order valence-electron chi connectivity index (χ4n) is 9.08. The fourth-order valence-corrected chi connectivity index (χ4v) is 9.08. The molecule has 454 valence electrons. The quantitative estimate of drug-likeness (QED) is 0.0332. The van der Waals surface area contributed by atoms with Crippen molar-refractivity contribution in [2.24, 2.45) is 28.1 Å². The maximum Gasteiger partial charge on any atom is 0.326 e. The first-order valence-corrected chi connectivity index (χ1v) is 27.6. The molecule has 84 heavy (non-hydrogen) atoms. The lowest BCUT2D eigenvalue weighted by molar-refractivity contribution is -0.143. The van der Waals surface area contributed by atoms with E-state index in [9.17, 15) is 63.0 Å². The first-order valence-electron chi connectivity index (χ1n) is 27.6. The topological polar surface area (TPSA) is 471 Å². The van der Waals surface area contributed by atoms with Crippen LogP contribution in [0.4, 0.5) is 0 Å². The summed E-state index contributed by atoms with van der Waals surface area (Å²) >= 11 is 0. The van der Waals surface area contributed by atoms with Crippen LogP contribution in [0.1, 0.15) is 88.5 Å². The van der Waals surface area contributed by atoms with E-state index < -0.39 is 132 Å². The van der Waals surface area contributed by atoms with Crippen molar-refractivity contribution >= 4 is 82.0 Å². The molecule has 4 aromatic rings. The Labute approximate surface area is 483 Å². The van der Waals surface area contributed by atoms with Crippen LogP contribution in [0.25, 0.3) is 10.9 Å². The largest absolute Gasteiger partial charge is 0.481 e. The minimum absolute atomic E-state index is 0.0490. The normalized spacial score (nSPS) is 23.3. The van der Waals surface area contributed by atoms with E-state index in [1.165, 1.54) is 12.5 Å². The molecule has 9 atom stereocenters. The zero-order valence-electron chi connectivity index (χ0n) is 46.7. The number of carboxylic acid groups (broad SMARTS) is 2. The molecule has 29 heteroatoms. The van der Waals surface area contributed by atoms with Gasteiger partial charge >= 0.3 is 11.9 Å². The average Bonchev–Trinajstić information content (AvgIpc) is 3.98. The highest BCUT2D eigenvalue weighted by atomic mass is 16.4. The van der Waals surface area contributed by atoms with E-state index in [0.29, 0.717) is 34.1 Å². The summed E-state index contributed by atoms with van der Waals surface area (Å²) in [7, 11) is 0. The van der Waals surface area contributed by atoms with Crippen LogP contribution in [0.3, 0.4) is 0 Å². The molecule has 0 radical (unpaired) electrons. The third-order valence-corrected chi connectivity index (χ3v) is 14.0. The maximum atomic E-state index is 14.3. The van der Waals surface area contributed by atoms with Crippen LogP contribution in [-0.2, 0) is 72.0 Å². The molecule has 1 unspecified atom stereocenters. The number of rotatable bonds is 15. The van der Waals surface area contributed by atoms with Gasteiger partial charge in [0, 0.05) is 67.8 Å². The van der Waals surface area contributed by atoms with Gasteiger partial charge < -0.3 is 85.2 Å². The molecule has 0 saturated carbocycles. The number of carbonyl (C=O) groups excluding carboxylic acids is 9. The van der Waals surface area contributed by atoms with Gasteiger partial charge in [0.15, 0.2) is 5.96 Å². The van der Waals surface area contributed by atoms with Crippen LogP contribution in [0, 0.1) is 5.92 Å². The van der Waals surface area contributed by atoms with E-state index in [0.717, 1.165) is 0 Å². The van der Waals surface area contributed by atoms with Crippen LogP contribution >= 0.6 is 0 Å². The number of aromatic nitrogens is 3. The second kappa shape index (κ2) is 32.9. The summed E-state index contributed by atoms with van der Waals surface area (Å²) in [4.78, 5) is 164. The van der Waals surface area contributed by atoms with E-state index in [4.69, 9.17) is 17.2 Å². The molecule has 0 spiro atoms. The highest BCUT2D eigenvalue weighted by Gasteiger charge is 2.36. The summed E-state index contributed by atoms with van der Waals surface area (Å²) in [6.07, 6.45) is 3.01. The van der Waals surface area contributed by atoms with Gasteiger partial charge in [-0.3, -0.25) is 52.9 Å². The van der Waals surface area contributed by atoms with Crippen molar-refractivity contribution in [1.82, 2.24) is 62.8 Å². The molecule has 19 N–H and O–H groups in total. The monoisotopic (exact) mass is 1170 g/mol. The van der Waals surface area contributed by atoms with Gasteiger partial charge in [-0.15, -0.1) is 0 Å². The second-order valence-electron chi connectivity index (χ2n) is 20.4. The highest BCUT2D eigenvalue weighted by Crippen LogP contribution is 2.20. The van der Waals surface area contributed by atoms with Gasteiger partial charge in [-0.25, -0.2) is 9.78 Å². The lowest BCUT2D eigenvalue weighted by Gasteiger charge is -2.29. The summed E-state index contributed by atoms with van der Waals surface area (Å²) in [5, 5.41) is 43.9. The number of hydrogen-bond acceptors (Lipinski definition) is 14. The standard InChI is InChI=1S/C55H76N16O13/c1-3-30(2)46-53(82)67-38(54(83)84)16-9-10-20-60-43(72)19-18-35(56)47(76)66-37(17-11-21-61-55(57)58)49(78)69-40(23-32-26-62-36-15-8-7-14-34(32)36)48(77)63-28-44(73)65-41(24-33-27-59-29-64-33)50(79)70-42(25-45(74)75)51(80)68-39(52(81)71-46)22-31-12-5-4-6-13-31/h4-8,12-15,26-27,29-30,35,37-42,46,62H,3,9-11,16-25,28,56H2,1-2H3,(H,59,64)(H,60,72)(H,63,77)(H,65,73)(H,66,76)(H,67,82)(H,68,80)(H,69,78)(H,70,79)(H,71,81)(H,74,75)(H,83,84)(H4,57,58,61)/t30-,35-,37-,38?,39-,40-,41-,42-,46-/m0/s1. The Bertz CT molecular complexity index is 2950. The van der Waals surface area contributed by atoms with Crippen molar-refractivity contribution in [3.05, 3.63) is 90.1 Å². The maximum absolute atomic E-state index is 14.3. The van der Waals surface area contributed by atoms with Crippen LogP contribution in [0.5, 0.6) is 0 Å². The predicted octanol–water partition coefficient (Wildman–Crippen LogP) is -2.50. The van der Waals surface area contributed by atoms with E-state index in [-0.39, 0.29) is 83.3 Å². The Kier molecular flexibility index (Phi) is 25.6. The third kappa shape index (κ3) is 21.2. The Hall–Kier alpha value is -9.41. The molecule has 2 aromatic heterocycles. The molecule has 1 fully saturated rings. The number of guanidine groups is 1. The number of nitrogens with one attached hydrogen (secondary N) is 11. The summed E-state index contributed by atoms with van der Waals surface area (Å²) in [5.74, 6) is -11.7. The van der Waals surface area contributed by atoms with Gasteiger partial charge in [0.25, 0.3) is 0 Å². The van der Waals surface area contributed by atoms with Crippen molar-refractivity contribution in [2.75, 3.05) is 19.6 Å². The number of imidazole rings is 1. The number of nitrogens with two attached hydrogens (primary N) is 3. The molecule has 29 nitrogen and oxygen atoms in total. The molecular formula is C55H76N16O13. The number of carboxylic acids is 2. The Morgan fingerprint density at radius 3 is 2.00 bits per heavy atom. The number of aromatic amines is 2. The van der Waals surface area contributed by atoms with E-state index in [1.807, 2.05) is 0 Å². The molecule has 9 amide bonds. The fraction of sp³-hybridized carbons (Fsp3) is 0.473. The highest BCUT2D eigenvalue weighted by molar-refractivity contribution is 5.99. The Morgan fingerprint density at radius 2 is 1.32 bits per heavy atom. The number of aliphatic carboxylic acids is 2. The minimum Gasteiger partial charge on any atom is -0.481 e. The lowest BCUT2D eigenvalue weighted by Crippen LogP contribution is -2.60. The molecular weight excluding hydrogens is 1090 g/mol. The first kappa shape index (κ1) is 65.4. The number of fused-ring (bicyclic) bond motifs is 1. The molecule has 2 aromatic carbocycles. The molecule has 3 heterocycles. The van der Waals surface area contributed by atoms with E-state index >= 15 is 0 Å². The van der Waals surface area contributed by atoms with Crippen LogP contribution in [0.2, 0.25) is 0 Å². The Balaban J connectivity index is 1.49. The Morgan fingerprint density at radius 1 is 0.679 bits per heavy atom. The molecule has 5 rings (SSSR count). The number of carbonyl (C=O) groups is 11. The van der Waals surface area contributed by atoms with Crippen molar-refractivity contribution in [1.29, 1.82) is 0 Å². The smallest absolute Gasteiger partial charge is 0.326 e. The van der Waals surface area contributed by atoms with Crippen LogP contribution in [-0.4, -0.2) is 164 Å². The van der Waals surface area contributed by atoms with Gasteiger partial charge in [-0.1, -0.05) is 68.8 Å². The summed E-state index contributed by atoms with van der Waals surface area (Å²) in [5.41, 5.74) is 19.4. The molecule has 1 saturated heterocycles. The number of benzene rings is 2. The molecule has 0 bridgehead atoms. The first-order chi connectivity index (χ1) is 40.1. The van der Waals surface area contributed by atoms with Crippen LogP contribution < -0.4 is 65.1 Å². The second-order valence-corrected chi connectivity index (χ2v) is 20.4. The average molecular weight is 1170 g/mol. The van der Waals surface area contributed by atoms with Gasteiger partial charge in [-0.05, 0) is 61.6 Å². The zero-order valence-corrected chi connectivity index (χ0v) is 46.7. The van der Waals surface area contributed by atoms with Gasteiger partial charge in [0.2, 0.25) is 53.2 Å². The van der Waals surface area contributed by atoms with E-state index in [1.54, 1.807) is 74.6 Å². The minimum atomic E-state index is -1.89. The third-order valence-electron chi connectivity index (χ3n) is 14.0. The number of amides is 9. The van der Waals surface area contributed by atoms with Gasteiger partial charge in [-0.2, -0.15) is 0 Å². The number of nitrogens with zero attached hydrogens (tertiary/aromatic N) is 2.